The van der Waals surface area contributed by atoms with E-state index in [0.717, 1.165) is 4.90 Å². The number of likely N-dealkylation sites (tertiary alicyclic amines) is 1. The number of nitrogens with zero attached hydrogens (tertiary/aromatic N) is 2. The van der Waals surface area contributed by atoms with Crippen LogP contribution in [0.5, 0.6) is 0 Å². The minimum absolute atomic E-state index is 0.0506. The molecule has 2 heterocycles. The minimum atomic E-state index is -0.799. The van der Waals surface area contributed by atoms with Crippen LogP contribution in [0.2, 0.25) is 0 Å². The molecule has 2 N–H and O–H groups in total. The highest BCUT2D eigenvalue weighted by Crippen LogP contribution is 2.24. The van der Waals surface area contributed by atoms with Crippen molar-refractivity contribution in [1.82, 2.24) is 15.1 Å². The van der Waals surface area contributed by atoms with Gasteiger partial charge in [0.1, 0.15) is 6.54 Å². The normalized spacial score (nSPS) is 22.5. The first-order valence-electron chi connectivity index (χ1n) is 5.53. The monoisotopic (exact) mass is 241 g/mol. The summed E-state index contributed by atoms with van der Waals surface area (Å²) in [7, 11) is 0. The van der Waals surface area contributed by atoms with Crippen molar-refractivity contribution in [2.75, 3.05) is 26.2 Å². The van der Waals surface area contributed by atoms with E-state index in [1.165, 1.54) is 4.90 Å². The number of rotatable bonds is 3. The Labute approximate surface area is 98.4 Å². The zero-order valence-electron chi connectivity index (χ0n) is 9.60. The van der Waals surface area contributed by atoms with Gasteiger partial charge in [0.15, 0.2) is 0 Å². The van der Waals surface area contributed by atoms with Crippen LogP contribution in [-0.4, -0.2) is 64.5 Å². The third-order valence-electron chi connectivity index (χ3n) is 3.21. The summed E-state index contributed by atoms with van der Waals surface area (Å²) in [5.41, 5.74) is -0.799. The highest BCUT2D eigenvalue weighted by atomic mass is 16.3. The first-order valence-corrected chi connectivity index (χ1v) is 5.53. The largest absolute Gasteiger partial charge is 0.386 e. The number of hydrogen-bond acceptors (Lipinski definition) is 4. The van der Waals surface area contributed by atoms with Crippen LogP contribution < -0.4 is 5.32 Å². The van der Waals surface area contributed by atoms with Gasteiger partial charge in [-0.05, 0) is 6.42 Å². The number of amides is 4. The Morgan fingerprint density at radius 3 is 2.59 bits per heavy atom. The average Bonchev–Trinajstić information content (AvgIpc) is 2.56. The Kier molecular flexibility index (Phi) is 2.78. The molecule has 0 spiro atoms. The first-order chi connectivity index (χ1) is 7.95. The summed E-state index contributed by atoms with van der Waals surface area (Å²) in [5.74, 6) is -0.705. The molecule has 0 radical (unpaired) electrons. The van der Waals surface area contributed by atoms with Crippen LogP contribution in [0, 0.1) is 0 Å². The van der Waals surface area contributed by atoms with Crippen molar-refractivity contribution in [3.05, 3.63) is 0 Å². The fourth-order valence-electron chi connectivity index (χ4n) is 1.91. The number of imide groups is 1. The topological polar surface area (TPSA) is 89.9 Å². The Hall–Kier alpha value is -1.63. The summed E-state index contributed by atoms with van der Waals surface area (Å²) in [5, 5.41) is 12.1. The van der Waals surface area contributed by atoms with Gasteiger partial charge in [0.2, 0.25) is 5.91 Å². The number of hydrogen-bond donors (Lipinski definition) is 2. The molecule has 0 aromatic rings. The fraction of sp³-hybridized carbons (Fsp3) is 0.700. The molecule has 94 valence electrons. The van der Waals surface area contributed by atoms with Crippen molar-refractivity contribution in [1.29, 1.82) is 0 Å². The van der Waals surface area contributed by atoms with Gasteiger partial charge in [-0.2, -0.15) is 0 Å². The molecule has 0 unspecified atom stereocenters. The van der Waals surface area contributed by atoms with E-state index >= 15 is 0 Å². The summed E-state index contributed by atoms with van der Waals surface area (Å²) >= 11 is 0. The maximum absolute atomic E-state index is 11.7. The molecule has 0 aliphatic carbocycles. The third kappa shape index (κ3) is 2.10. The Balaban J connectivity index is 1.87. The van der Waals surface area contributed by atoms with E-state index in [1.807, 2.05) is 6.92 Å². The van der Waals surface area contributed by atoms with Crippen molar-refractivity contribution < 1.29 is 19.5 Å². The van der Waals surface area contributed by atoms with Gasteiger partial charge in [-0.25, -0.2) is 4.79 Å². The summed E-state index contributed by atoms with van der Waals surface area (Å²) < 4.78 is 0. The van der Waals surface area contributed by atoms with E-state index < -0.39 is 17.5 Å². The third-order valence-corrected chi connectivity index (χ3v) is 3.21. The second-order valence-electron chi connectivity index (χ2n) is 4.47. The Bertz CT molecular complexity index is 360. The van der Waals surface area contributed by atoms with Crippen LogP contribution in [0.1, 0.15) is 13.3 Å². The van der Waals surface area contributed by atoms with Crippen LogP contribution in [-0.2, 0) is 9.59 Å². The predicted molar refractivity (Wildman–Crippen MR) is 56.9 cm³/mol. The standard InChI is InChI=1S/C10H15N3O4/c1-2-10(17)5-12(6-10)8(15)4-13-7(14)3-11-9(13)16/h17H,2-6H2,1H3,(H,11,16). The highest BCUT2D eigenvalue weighted by molar-refractivity contribution is 6.04. The molecule has 0 saturated carbocycles. The van der Waals surface area contributed by atoms with Gasteiger partial charge in [-0.1, -0.05) is 6.92 Å². The molecule has 2 saturated heterocycles. The number of aliphatic hydroxyl groups is 1. The number of carbonyl (C=O) groups is 3. The number of nitrogens with one attached hydrogen (secondary N) is 1. The van der Waals surface area contributed by atoms with E-state index in [-0.39, 0.29) is 32.1 Å². The van der Waals surface area contributed by atoms with Crippen LogP contribution in [0.25, 0.3) is 0 Å². The SMILES string of the molecule is CCC1(O)CN(C(=O)CN2C(=O)CNC2=O)C1. The smallest absolute Gasteiger partial charge is 0.325 e. The van der Waals surface area contributed by atoms with E-state index in [4.69, 9.17) is 0 Å². The lowest BCUT2D eigenvalue weighted by Crippen LogP contribution is -2.64. The molecule has 0 bridgehead atoms. The second kappa shape index (κ2) is 3.99. The number of urea groups is 1. The molecule has 0 atom stereocenters. The van der Waals surface area contributed by atoms with Gasteiger partial charge in [0.05, 0.1) is 25.2 Å². The average molecular weight is 241 g/mol. The molecule has 17 heavy (non-hydrogen) atoms. The summed E-state index contributed by atoms with van der Waals surface area (Å²) in [6.07, 6.45) is 0.583. The Morgan fingerprint density at radius 1 is 1.47 bits per heavy atom. The second-order valence-corrected chi connectivity index (χ2v) is 4.47. The predicted octanol–water partition coefficient (Wildman–Crippen LogP) is -1.48. The lowest BCUT2D eigenvalue weighted by Gasteiger charge is -2.46. The molecule has 2 fully saturated rings. The lowest BCUT2D eigenvalue weighted by molar-refractivity contribution is -0.157. The molecular formula is C10H15N3O4. The number of carbonyl (C=O) groups excluding carboxylic acids is 3. The van der Waals surface area contributed by atoms with E-state index in [2.05, 4.69) is 5.32 Å². The summed E-state index contributed by atoms with van der Waals surface area (Å²) in [4.78, 5) is 36.5. The molecule has 7 nitrogen and oxygen atoms in total. The lowest BCUT2D eigenvalue weighted by atomic mass is 9.91. The first kappa shape index (κ1) is 11.8. The summed E-state index contributed by atoms with van der Waals surface area (Å²) in [6.45, 7) is 2.09. The zero-order valence-corrected chi connectivity index (χ0v) is 9.60. The van der Waals surface area contributed by atoms with Crippen LogP contribution in [0.15, 0.2) is 0 Å². The fourth-order valence-corrected chi connectivity index (χ4v) is 1.91. The van der Waals surface area contributed by atoms with Gasteiger partial charge in [0, 0.05) is 0 Å². The van der Waals surface area contributed by atoms with Crippen LogP contribution in [0.4, 0.5) is 4.79 Å². The zero-order chi connectivity index (χ0) is 12.6. The van der Waals surface area contributed by atoms with Crippen molar-refractivity contribution in [3.8, 4) is 0 Å². The molecule has 4 amide bonds. The quantitative estimate of drug-likeness (QED) is 0.590. The van der Waals surface area contributed by atoms with Crippen molar-refractivity contribution in [2.24, 2.45) is 0 Å². The van der Waals surface area contributed by atoms with Gasteiger partial charge in [-0.15, -0.1) is 0 Å². The highest BCUT2D eigenvalue weighted by Gasteiger charge is 2.43. The van der Waals surface area contributed by atoms with Gasteiger partial charge in [-0.3, -0.25) is 14.5 Å². The van der Waals surface area contributed by atoms with Crippen molar-refractivity contribution in [2.45, 2.75) is 18.9 Å². The molecular weight excluding hydrogens is 226 g/mol. The molecule has 2 aliphatic heterocycles. The molecule has 2 rings (SSSR count). The molecule has 0 aromatic heterocycles. The van der Waals surface area contributed by atoms with E-state index in [9.17, 15) is 19.5 Å². The van der Waals surface area contributed by atoms with Gasteiger partial charge >= 0.3 is 6.03 Å². The van der Waals surface area contributed by atoms with Crippen LogP contribution in [0.3, 0.4) is 0 Å². The van der Waals surface area contributed by atoms with Crippen molar-refractivity contribution >= 4 is 17.8 Å². The van der Waals surface area contributed by atoms with Crippen LogP contribution >= 0.6 is 0 Å². The van der Waals surface area contributed by atoms with Gasteiger partial charge in [0.25, 0.3) is 5.91 Å². The number of β-amino-alcohol motifs (C(OH)–C–C–N with tert-alkyl or cyclic N) is 1. The van der Waals surface area contributed by atoms with E-state index in [1.54, 1.807) is 0 Å². The molecule has 0 aromatic carbocycles. The van der Waals surface area contributed by atoms with E-state index in [0.29, 0.717) is 6.42 Å². The molecule has 2 aliphatic rings. The molecule has 7 heteroatoms. The maximum Gasteiger partial charge on any atom is 0.325 e. The summed E-state index contributed by atoms with van der Waals surface area (Å²) in [6, 6.07) is -0.533. The minimum Gasteiger partial charge on any atom is -0.386 e. The van der Waals surface area contributed by atoms with Crippen molar-refractivity contribution in [3.63, 3.8) is 0 Å². The maximum atomic E-state index is 11.7. The van der Waals surface area contributed by atoms with Gasteiger partial charge < -0.3 is 15.3 Å². The Morgan fingerprint density at radius 2 is 2.12 bits per heavy atom.